The van der Waals surface area contributed by atoms with Crippen molar-refractivity contribution < 1.29 is 33.4 Å². The average molecular weight is 658 g/mol. The minimum atomic E-state index is -0.938. The van der Waals surface area contributed by atoms with Crippen LogP contribution in [-0.2, 0) is 33.8 Å². The number of ketones is 1. The first-order valence-corrected chi connectivity index (χ1v) is 15.5. The van der Waals surface area contributed by atoms with Crippen LogP contribution in [0.15, 0.2) is 101 Å². The van der Waals surface area contributed by atoms with Gasteiger partial charge in [-0.3, -0.25) is 10.1 Å². The molecule has 3 amide bonds. The Labute approximate surface area is 276 Å². The maximum Gasteiger partial charge on any atom is 0.437 e. The quantitative estimate of drug-likeness (QED) is 0.0750. The largest absolute Gasteiger partial charge is 0.444 e. The molecule has 13 heteroatoms. The number of carbonyl (C=O) groups excluding carboxylic acids is 4. The van der Waals surface area contributed by atoms with E-state index >= 15 is 0 Å². The maximum atomic E-state index is 13.2. The molecule has 0 aliphatic carbocycles. The van der Waals surface area contributed by atoms with Crippen LogP contribution in [0, 0.1) is 0 Å². The molecular weight excluding hydrogens is 622 g/mol. The van der Waals surface area contributed by atoms with Crippen LogP contribution in [0.2, 0.25) is 0 Å². The van der Waals surface area contributed by atoms with Gasteiger partial charge in [0.15, 0.2) is 5.01 Å². The minimum Gasteiger partial charge on any atom is -0.444 e. The number of rotatable bonds is 10. The fraction of sp³-hybridized carbons (Fsp3) is 0.235. The summed E-state index contributed by atoms with van der Waals surface area (Å²) in [5.41, 5.74) is 1.96. The van der Waals surface area contributed by atoms with Crippen LogP contribution in [0.25, 0.3) is 0 Å². The van der Waals surface area contributed by atoms with Crippen molar-refractivity contribution in [2.45, 2.75) is 52.0 Å². The number of nitrogens with zero attached hydrogens (tertiary/aromatic N) is 2. The molecule has 3 aromatic carbocycles. The molecule has 1 aromatic heterocycles. The number of benzene rings is 3. The Bertz CT molecular complexity index is 1660. The summed E-state index contributed by atoms with van der Waals surface area (Å²) in [6, 6.07) is 24.0. The first-order valence-electron chi connectivity index (χ1n) is 14.6. The highest BCUT2D eigenvalue weighted by Gasteiger charge is 2.27. The number of anilines is 1. The molecule has 12 nitrogen and oxygen atoms in total. The summed E-state index contributed by atoms with van der Waals surface area (Å²) in [5.74, 6) is -0.577. The van der Waals surface area contributed by atoms with E-state index in [4.69, 9.17) is 14.2 Å². The molecule has 1 heterocycles. The van der Waals surface area contributed by atoms with Gasteiger partial charge >= 0.3 is 18.3 Å². The number of hydrogen-bond donors (Lipinski definition) is 3. The topological polar surface area (TPSA) is 157 Å². The number of ether oxygens (including phenoxy) is 3. The predicted octanol–water partition coefficient (Wildman–Crippen LogP) is 6.49. The van der Waals surface area contributed by atoms with Crippen LogP contribution < -0.4 is 16.0 Å². The molecule has 0 saturated heterocycles. The summed E-state index contributed by atoms with van der Waals surface area (Å²) in [6.45, 7) is 5.18. The van der Waals surface area contributed by atoms with Gasteiger partial charge < -0.3 is 24.8 Å². The number of aliphatic imine (C=N–C) groups is 1. The van der Waals surface area contributed by atoms with Crippen molar-refractivity contribution in [2.75, 3.05) is 5.32 Å². The second-order valence-electron chi connectivity index (χ2n) is 11.1. The Morgan fingerprint density at radius 3 is 2.00 bits per heavy atom. The monoisotopic (exact) mass is 657 g/mol. The van der Waals surface area contributed by atoms with E-state index in [1.54, 1.807) is 74.7 Å². The third-order valence-corrected chi connectivity index (χ3v) is 6.94. The van der Waals surface area contributed by atoms with Crippen molar-refractivity contribution in [1.29, 1.82) is 0 Å². The van der Waals surface area contributed by atoms with E-state index in [9.17, 15) is 19.2 Å². The standard InChI is InChI=1S/C34H35N5O7S/c1-34(2,3)46-33(43)37-27(28(40)29-35-18-19-47-29)20-23-14-16-26(17-15-23)36-30(38-31(41)44-21-24-10-6-4-7-11-24)39-32(42)45-22-25-12-8-5-9-13-25/h4-19,27H,20-22H2,1-3H3,(H,37,43)(H2,36,38,39,41,42). The van der Waals surface area contributed by atoms with Crippen molar-refractivity contribution in [3.63, 3.8) is 0 Å². The second-order valence-corrected chi connectivity index (χ2v) is 12.0. The zero-order chi connectivity index (χ0) is 33.6. The summed E-state index contributed by atoms with van der Waals surface area (Å²) < 4.78 is 15.9. The van der Waals surface area contributed by atoms with Gasteiger partial charge in [0.2, 0.25) is 11.7 Å². The molecule has 244 valence electrons. The van der Waals surface area contributed by atoms with E-state index in [-0.39, 0.29) is 36.4 Å². The van der Waals surface area contributed by atoms with Gasteiger partial charge in [0.1, 0.15) is 24.9 Å². The van der Waals surface area contributed by atoms with E-state index in [1.165, 1.54) is 17.5 Å². The van der Waals surface area contributed by atoms with Crippen LogP contribution in [0.4, 0.5) is 20.1 Å². The summed E-state index contributed by atoms with van der Waals surface area (Å²) >= 11 is 1.17. The molecular formula is C34H35N5O7S. The maximum absolute atomic E-state index is 13.2. The van der Waals surface area contributed by atoms with Gasteiger partial charge in [0.25, 0.3) is 0 Å². The summed E-state index contributed by atoms with van der Waals surface area (Å²) in [7, 11) is 0. The molecule has 0 saturated carbocycles. The fourth-order valence-electron chi connectivity index (χ4n) is 4.04. The third kappa shape index (κ3) is 12.0. The van der Waals surface area contributed by atoms with Crippen molar-refractivity contribution >= 4 is 47.0 Å². The lowest BCUT2D eigenvalue weighted by atomic mass is 10.0. The molecule has 4 rings (SSSR count). The Morgan fingerprint density at radius 2 is 1.43 bits per heavy atom. The number of guanidine groups is 1. The molecule has 3 N–H and O–H groups in total. The highest BCUT2D eigenvalue weighted by atomic mass is 32.1. The van der Waals surface area contributed by atoms with Crippen molar-refractivity contribution in [3.05, 3.63) is 118 Å². The molecule has 1 unspecified atom stereocenters. The fourth-order valence-corrected chi connectivity index (χ4v) is 4.67. The van der Waals surface area contributed by atoms with Crippen LogP contribution in [0.1, 0.15) is 47.3 Å². The van der Waals surface area contributed by atoms with Crippen LogP contribution in [0.3, 0.4) is 0 Å². The van der Waals surface area contributed by atoms with Crippen LogP contribution in [0.5, 0.6) is 0 Å². The van der Waals surface area contributed by atoms with Crippen LogP contribution >= 0.6 is 11.3 Å². The lowest BCUT2D eigenvalue weighted by Gasteiger charge is -2.23. The molecule has 4 aromatic rings. The van der Waals surface area contributed by atoms with E-state index in [0.717, 1.165) is 11.1 Å². The molecule has 0 bridgehead atoms. The summed E-state index contributed by atoms with van der Waals surface area (Å²) in [4.78, 5) is 58.8. The van der Waals surface area contributed by atoms with Gasteiger partial charge in [-0.05, 0) is 49.6 Å². The number of thiazole rings is 1. The Kier molecular flexibility index (Phi) is 12.2. The SMILES string of the molecule is CC(C)(C)OC(=O)NC(Cc1ccc(NC(=NC(=O)OCc2ccccc2)NC(=O)OCc2ccccc2)cc1)C(=O)c1nccs1. The van der Waals surface area contributed by atoms with E-state index in [1.807, 2.05) is 36.4 Å². The third-order valence-electron chi connectivity index (χ3n) is 6.15. The molecule has 0 aliphatic rings. The number of Topliss-reactive ketones (excluding diaryl/α,β-unsaturated/α-hetero) is 1. The molecule has 0 spiro atoms. The minimum absolute atomic E-state index is 0.00527. The molecule has 0 radical (unpaired) electrons. The van der Waals surface area contributed by atoms with E-state index in [0.29, 0.717) is 11.3 Å². The number of aromatic nitrogens is 1. The number of alkyl carbamates (subject to hydrolysis) is 2. The lowest BCUT2D eigenvalue weighted by molar-refractivity contribution is 0.0491. The zero-order valence-electron chi connectivity index (χ0n) is 26.1. The van der Waals surface area contributed by atoms with Gasteiger partial charge in [-0.15, -0.1) is 16.3 Å². The lowest BCUT2D eigenvalue weighted by Crippen LogP contribution is -2.44. The average Bonchev–Trinajstić information content (AvgIpc) is 3.58. The number of carbonyl (C=O) groups is 4. The highest BCUT2D eigenvalue weighted by Crippen LogP contribution is 2.16. The highest BCUT2D eigenvalue weighted by molar-refractivity contribution is 7.11. The van der Waals surface area contributed by atoms with Crippen molar-refractivity contribution in [1.82, 2.24) is 15.6 Å². The van der Waals surface area contributed by atoms with Gasteiger partial charge in [-0.1, -0.05) is 72.8 Å². The van der Waals surface area contributed by atoms with Gasteiger partial charge in [-0.25, -0.2) is 19.4 Å². The van der Waals surface area contributed by atoms with E-state index < -0.39 is 29.9 Å². The Balaban J connectivity index is 1.45. The smallest absolute Gasteiger partial charge is 0.437 e. The van der Waals surface area contributed by atoms with Gasteiger partial charge in [0.05, 0.1) is 0 Å². The summed E-state index contributed by atoms with van der Waals surface area (Å²) in [5, 5.41) is 9.94. The van der Waals surface area contributed by atoms with Gasteiger partial charge in [-0.2, -0.15) is 0 Å². The number of nitrogens with one attached hydrogen (secondary N) is 3. The van der Waals surface area contributed by atoms with Gasteiger partial charge in [0, 0.05) is 23.7 Å². The molecule has 47 heavy (non-hydrogen) atoms. The first kappa shape index (κ1) is 34.3. The Morgan fingerprint density at radius 1 is 0.809 bits per heavy atom. The zero-order valence-corrected chi connectivity index (χ0v) is 26.9. The van der Waals surface area contributed by atoms with Crippen molar-refractivity contribution in [2.24, 2.45) is 4.99 Å². The van der Waals surface area contributed by atoms with E-state index in [2.05, 4.69) is 25.9 Å². The Hall–Kier alpha value is -5.56. The molecule has 0 aliphatic heterocycles. The number of amides is 3. The second kappa shape index (κ2) is 16.7. The summed E-state index contributed by atoms with van der Waals surface area (Å²) in [6.07, 6.45) is -0.840. The normalized spacial score (nSPS) is 11.9. The first-order chi connectivity index (χ1) is 22.5. The molecule has 0 fully saturated rings. The number of hydrogen-bond acceptors (Lipinski definition) is 9. The van der Waals surface area contributed by atoms with Crippen LogP contribution in [-0.4, -0.2) is 46.6 Å². The van der Waals surface area contributed by atoms with Crippen molar-refractivity contribution in [3.8, 4) is 0 Å². The predicted molar refractivity (Wildman–Crippen MR) is 177 cm³/mol. The molecule has 1 atom stereocenters.